The summed E-state index contributed by atoms with van der Waals surface area (Å²) in [6.07, 6.45) is 0. The molecular formula is C10H10F2N2O2. The number of carbonyl (C=O) groups is 2. The van der Waals surface area contributed by atoms with E-state index in [1.807, 2.05) is 0 Å². The monoisotopic (exact) mass is 228 g/mol. The predicted molar refractivity (Wildman–Crippen MR) is 55.7 cm³/mol. The van der Waals surface area contributed by atoms with Crippen LogP contribution in [-0.4, -0.2) is 25.2 Å². The van der Waals surface area contributed by atoms with Crippen LogP contribution in [-0.2, 0) is 9.59 Å². The molecule has 0 radical (unpaired) electrons. The summed E-state index contributed by atoms with van der Waals surface area (Å²) in [6, 6.07) is 6.14. The van der Waals surface area contributed by atoms with Crippen LogP contribution in [0.5, 0.6) is 0 Å². The number of alkyl halides is 2. The average molecular weight is 228 g/mol. The van der Waals surface area contributed by atoms with Gasteiger partial charge in [-0.05, 0) is 12.1 Å². The van der Waals surface area contributed by atoms with E-state index in [2.05, 4.69) is 10.6 Å². The van der Waals surface area contributed by atoms with Crippen molar-refractivity contribution in [3.63, 3.8) is 0 Å². The Kier molecular flexibility index (Phi) is 4.38. The summed E-state index contributed by atoms with van der Waals surface area (Å²) in [4.78, 5) is 21.6. The summed E-state index contributed by atoms with van der Waals surface area (Å²) in [5.41, 5.74) is 0.457. The molecule has 0 saturated heterocycles. The van der Waals surface area contributed by atoms with Crippen LogP contribution in [0.25, 0.3) is 0 Å². The molecule has 0 spiro atoms. The van der Waals surface area contributed by atoms with Crippen molar-refractivity contribution in [1.29, 1.82) is 0 Å². The van der Waals surface area contributed by atoms with Crippen LogP contribution in [0.15, 0.2) is 24.3 Å². The third-order valence-electron chi connectivity index (χ3n) is 1.72. The van der Waals surface area contributed by atoms with Crippen molar-refractivity contribution in [2.75, 3.05) is 24.0 Å². The molecule has 2 amide bonds. The quantitative estimate of drug-likeness (QED) is 0.820. The van der Waals surface area contributed by atoms with Crippen LogP contribution in [0.1, 0.15) is 0 Å². The lowest BCUT2D eigenvalue weighted by atomic mass is 10.2. The number of hydrogen-bond acceptors (Lipinski definition) is 2. The normalized spacial score (nSPS) is 9.62. The van der Waals surface area contributed by atoms with E-state index >= 15 is 0 Å². The number of anilines is 2. The van der Waals surface area contributed by atoms with E-state index in [-0.39, 0.29) is 11.4 Å². The molecule has 6 heteroatoms. The topological polar surface area (TPSA) is 58.2 Å². The Bertz CT molecular complexity index is 359. The standard InChI is InChI=1S/C10H10F2N2O2/c11-5-9(15)13-7-3-1-2-4-8(7)14-10(16)6-12/h1-4H,5-6H2,(H,13,15)(H,14,16). The van der Waals surface area contributed by atoms with Crippen molar-refractivity contribution in [2.24, 2.45) is 0 Å². The largest absolute Gasteiger partial charge is 0.322 e. The lowest BCUT2D eigenvalue weighted by molar-refractivity contribution is -0.117. The summed E-state index contributed by atoms with van der Waals surface area (Å²) in [5.74, 6) is -1.66. The summed E-state index contributed by atoms with van der Waals surface area (Å²) in [7, 11) is 0. The number of benzene rings is 1. The van der Waals surface area contributed by atoms with Gasteiger partial charge in [-0.2, -0.15) is 0 Å². The van der Waals surface area contributed by atoms with Crippen molar-refractivity contribution in [1.82, 2.24) is 0 Å². The molecule has 0 heterocycles. The lowest BCUT2D eigenvalue weighted by Gasteiger charge is -2.09. The van der Waals surface area contributed by atoms with Gasteiger partial charge in [0.1, 0.15) is 0 Å². The minimum atomic E-state index is -1.16. The van der Waals surface area contributed by atoms with E-state index in [4.69, 9.17) is 0 Å². The van der Waals surface area contributed by atoms with E-state index in [1.165, 1.54) is 12.1 Å². The highest BCUT2D eigenvalue weighted by Crippen LogP contribution is 2.20. The van der Waals surface area contributed by atoms with Crippen LogP contribution in [0, 0.1) is 0 Å². The van der Waals surface area contributed by atoms with Gasteiger partial charge in [0.15, 0.2) is 13.3 Å². The fourth-order valence-electron chi connectivity index (χ4n) is 1.07. The van der Waals surface area contributed by atoms with Gasteiger partial charge < -0.3 is 10.6 Å². The second-order valence-corrected chi connectivity index (χ2v) is 2.91. The molecule has 0 unspecified atom stereocenters. The lowest BCUT2D eigenvalue weighted by Crippen LogP contribution is -2.18. The molecule has 16 heavy (non-hydrogen) atoms. The van der Waals surface area contributed by atoms with Gasteiger partial charge in [-0.15, -0.1) is 0 Å². The van der Waals surface area contributed by atoms with Crippen LogP contribution >= 0.6 is 0 Å². The minimum Gasteiger partial charge on any atom is -0.322 e. The van der Waals surface area contributed by atoms with Gasteiger partial charge in [-0.1, -0.05) is 12.1 Å². The molecule has 0 aliphatic carbocycles. The molecule has 1 aromatic rings. The number of carbonyl (C=O) groups excluding carboxylic acids is 2. The Balaban J connectivity index is 2.83. The van der Waals surface area contributed by atoms with Crippen molar-refractivity contribution in [3.05, 3.63) is 24.3 Å². The molecular weight excluding hydrogens is 218 g/mol. The van der Waals surface area contributed by atoms with Gasteiger partial charge in [0.2, 0.25) is 0 Å². The molecule has 4 nitrogen and oxygen atoms in total. The maximum atomic E-state index is 12.0. The summed E-state index contributed by atoms with van der Waals surface area (Å²) < 4.78 is 23.9. The smallest absolute Gasteiger partial charge is 0.255 e. The molecule has 2 N–H and O–H groups in total. The van der Waals surface area contributed by atoms with Gasteiger partial charge in [-0.25, -0.2) is 8.78 Å². The highest BCUT2D eigenvalue weighted by Gasteiger charge is 2.08. The first-order valence-corrected chi connectivity index (χ1v) is 4.48. The molecule has 0 aliphatic rings. The first-order valence-electron chi connectivity index (χ1n) is 4.48. The van der Waals surface area contributed by atoms with E-state index in [9.17, 15) is 18.4 Å². The average Bonchev–Trinajstić information content (AvgIpc) is 2.31. The van der Waals surface area contributed by atoms with Crippen molar-refractivity contribution < 1.29 is 18.4 Å². The molecule has 1 aromatic carbocycles. The Morgan fingerprint density at radius 3 is 1.62 bits per heavy atom. The fourth-order valence-corrected chi connectivity index (χ4v) is 1.07. The molecule has 0 atom stereocenters. The fraction of sp³-hybridized carbons (Fsp3) is 0.200. The van der Waals surface area contributed by atoms with Crippen LogP contribution in [0.4, 0.5) is 20.2 Å². The summed E-state index contributed by atoms with van der Waals surface area (Å²) >= 11 is 0. The second-order valence-electron chi connectivity index (χ2n) is 2.91. The Morgan fingerprint density at radius 2 is 1.31 bits per heavy atom. The maximum absolute atomic E-state index is 12.0. The van der Waals surface area contributed by atoms with Crippen LogP contribution in [0.2, 0.25) is 0 Å². The summed E-state index contributed by atoms with van der Waals surface area (Å²) in [5, 5.41) is 4.48. The zero-order chi connectivity index (χ0) is 12.0. The number of rotatable bonds is 4. The van der Waals surface area contributed by atoms with E-state index in [1.54, 1.807) is 12.1 Å². The third kappa shape index (κ3) is 3.30. The first kappa shape index (κ1) is 12.1. The third-order valence-corrected chi connectivity index (χ3v) is 1.72. The highest BCUT2D eigenvalue weighted by molar-refractivity contribution is 6.00. The van der Waals surface area contributed by atoms with Crippen molar-refractivity contribution in [2.45, 2.75) is 0 Å². The second kappa shape index (κ2) is 5.79. The molecule has 0 bridgehead atoms. The highest BCUT2D eigenvalue weighted by atomic mass is 19.1. The SMILES string of the molecule is O=C(CF)Nc1ccccc1NC(=O)CF. The van der Waals surface area contributed by atoms with Gasteiger partial charge in [0, 0.05) is 0 Å². The zero-order valence-corrected chi connectivity index (χ0v) is 8.30. The first-order chi connectivity index (χ1) is 7.67. The van der Waals surface area contributed by atoms with Gasteiger partial charge in [-0.3, -0.25) is 9.59 Å². The molecule has 0 fully saturated rings. The van der Waals surface area contributed by atoms with Crippen molar-refractivity contribution in [3.8, 4) is 0 Å². The van der Waals surface area contributed by atoms with E-state index in [0.717, 1.165) is 0 Å². The van der Waals surface area contributed by atoms with E-state index < -0.39 is 25.2 Å². The number of halogens is 2. The zero-order valence-electron chi connectivity index (χ0n) is 8.30. The molecule has 86 valence electrons. The van der Waals surface area contributed by atoms with Crippen LogP contribution < -0.4 is 10.6 Å². The van der Waals surface area contributed by atoms with Gasteiger partial charge in [0.25, 0.3) is 11.8 Å². The Morgan fingerprint density at radius 1 is 0.938 bits per heavy atom. The summed E-state index contributed by atoms with van der Waals surface area (Å²) in [6.45, 7) is -2.32. The molecule has 0 aliphatic heterocycles. The van der Waals surface area contributed by atoms with E-state index in [0.29, 0.717) is 0 Å². The number of nitrogens with one attached hydrogen (secondary N) is 2. The molecule has 0 aromatic heterocycles. The Labute approximate surface area is 90.6 Å². The van der Waals surface area contributed by atoms with Gasteiger partial charge >= 0.3 is 0 Å². The Hall–Kier alpha value is -1.98. The predicted octanol–water partition coefficient (Wildman–Crippen LogP) is 1.50. The van der Waals surface area contributed by atoms with Crippen LogP contribution in [0.3, 0.4) is 0 Å². The minimum absolute atomic E-state index is 0.229. The number of hydrogen-bond donors (Lipinski definition) is 2. The van der Waals surface area contributed by atoms with Gasteiger partial charge in [0.05, 0.1) is 11.4 Å². The number of para-hydroxylation sites is 2. The number of amides is 2. The molecule has 0 saturated carbocycles. The molecule has 1 rings (SSSR count). The van der Waals surface area contributed by atoms with Crippen molar-refractivity contribution >= 4 is 23.2 Å². The maximum Gasteiger partial charge on any atom is 0.255 e.